The zero-order valence-electron chi connectivity index (χ0n) is 16.8. The number of anilines is 1. The van der Waals surface area contributed by atoms with Crippen molar-refractivity contribution in [3.05, 3.63) is 66.5 Å². The molecular weight excluding hydrogens is 386 g/mol. The van der Waals surface area contributed by atoms with E-state index in [9.17, 15) is 9.59 Å². The van der Waals surface area contributed by atoms with Crippen molar-refractivity contribution in [3.8, 4) is 17.2 Å². The van der Waals surface area contributed by atoms with Gasteiger partial charge in [-0.1, -0.05) is 18.2 Å². The Morgan fingerprint density at radius 2 is 1.87 bits per heavy atom. The lowest BCUT2D eigenvalue weighted by molar-refractivity contribution is -0.147. The van der Waals surface area contributed by atoms with Crippen LogP contribution in [0.5, 0.6) is 11.5 Å². The maximum atomic E-state index is 12.1. The summed E-state index contributed by atoms with van der Waals surface area (Å²) in [5.41, 5.74) is 2.31. The quantitative estimate of drug-likeness (QED) is 0.546. The number of aryl methyl sites for hydroxylation is 1. The molecule has 0 spiro atoms. The highest BCUT2D eigenvalue weighted by atomic mass is 16.5. The number of ether oxygens (including phenoxy) is 3. The molecule has 0 fully saturated rings. The van der Waals surface area contributed by atoms with Crippen molar-refractivity contribution >= 4 is 17.6 Å². The van der Waals surface area contributed by atoms with E-state index in [1.54, 1.807) is 36.2 Å². The van der Waals surface area contributed by atoms with Crippen LogP contribution >= 0.6 is 0 Å². The molecule has 1 aromatic heterocycles. The smallest absolute Gasteiger partial charge is 0.306 e. The highest BCUT2D eigenvalue weighted by molar-refractivity contribution is 5.94. The van der Waals surface area contributed by atoms with Gasteiger partial charge in [0.2, 0.25) is 0 Å². The summed E-state index contributed by atoms with van der Waals surface area (Å²) in [6.45, 7) is -0.378. The minimum Gasteiger partial charge on any atom is -0.497 e. The first-order chi connectivity index (χ1) is 14.6. The Hall–Kier alpha value is -3.81. The van der Waals surface area contributed by atoms with Crippen molar-refractivity contribution < 1.29 is 23.8 Å². The Bertz CT molecular complexity index is 1000. The third kappa shape index (κ3) is 5.60. The zero-order valence-corrected chi connectivity index (χ0v) is 16.8. The van der Waals surface area contributed by atoms with Crippen LogP contribution in [0.3, 0.4) is 0 Å². The lowest BCUT2D eigenvalue weighted by atomic mass is 10.2. The van der Waals surface area contributed by atoms with E-state index in [0.29, 0.717) is 23.6 Å². The third-order valence-corrected chi connectivity index (χ3v) is 4.32. The van der Waals surface area contributed by atoms with Crippen molar-refractivity contribution in [2.45, 2.75) is 12.8 Å². The Morgan fingerprint density at radius 3 is 2.60 bits per heavy atom. The van der Waals surface area contributed by atoms with Crippen LogP contribution < -0.4 is 14.8 Å². The van der Waals surface area contributed by atoms with Gasteiger partial charge in [-0.05, 0) is 36.2 Å². The molecule has 1 heterocycles. The van der Waals surface area contributed by atoms with Gasteiger partial charge in [0.05, 0.1) is 31.8 Å². The average molecular weight is 409 g/mol. The van der Waals surface area contributed by atoms with Crippen LogP contribution in [-0.4, -0.2) is 42.5 Å². The second-order valence-corrected chi connectivity index (χ2v) is 6.40. The fraction of sp³-hybridized carbons (Fsp3) is 0.227. The molecule has 0 aliphatic rings. The van der Waals surface area contributed by atoms with Gasteiger partial charge in [-0.2, -0.15) is 5.10 Å². The Balaban J connectivity index is 1.45. The van der Waals surface area contributed by atoms with Gasteiger partial charge >= 0.3 is 5.97 Å². The van der Waals surface area contributed by atoms with Gasteiger partial charge in [-0.3, -0.25) is 9.59 Å². The number of hydrogen-bond acceptors (Lipinski definition) is 6. The SMILES string of the molecule is COc1ccc(NC(=O)COC(=O)CCc2cnn(-c3ccccc3)c2)c(OC)c1. The molecule has 0 aliphatic heterocycles. The van der Waals surface area contributed by atoms with Crippen LogP contribution in [0.4, 0.5) is 5.69 Å². The lowest BCUT2D eigenvalue weighted by Crippen LogP contribution is -2.21. The monoisotopic (exact) mass is 409 g/mol. The van der Waals surface area contributed by atoms with E-state index < -0.39 is 11.9 Å². The van der Waals surface area contributed by atoms with Crippen molar-refractivity contribution in [1.29, 1.82) is 0 Å². The number of carbonyl (C=O) groups excluding carboxylic acids is 2. The summed E-state index contributed by atoms with van der Waals surface area (Å²) in [5, 5.41) is 6.95. The predicted octanol–water partition coefficient (Wildman–Crippen LogP) is 3.00. The summed E-state index contributed by atoms with van der Waals surface area (Å²) in [5.74, 6) is 0.138. The Kier molecular flexibility index (Phi) is 7.05. The molecule has 0 atom stereocenters. The third-order valence-electron chi connectivity index (χ3n) is 4.32. The van der Waals surface area contributed by atoms with Gasteiger partial charge in [0.25, 0.3) is 5.91 Å². The van der Waals surface area contributed by atoms with E-state index in [-0.39, 0.29) is 13.0 Å². The van der Waals surface area contributed by atoms with E-state index in [4.69, 9.17) is 14.2 Å². The van der Waals surface area contributed by atoms with Gasteiger partial charge in [0.15, 0.2) is 6.61 Å². The van der Waals surface area contributed by atoms with Crippen LogP contribution in [0.1, 0.15) is 12.0 Å². The number of nitrogens with zero attached hydrogens (tertiary/aromatic N) is 2. The lowest BCUT2D eigenvalue weighted by Gasteiger charge is -2.11. The molecule has 2 aromatic carbocycles. The first-order valence-corrected chi connectivity index (χ1v) is 9.35. The van der Waals surface area contributed by atoms with Gasteiger partial charge < -0.3 is 19.5 Å². The van der Waals surface area contributed by atoms with Gasteiger partial charge in [0, 0.05) is 18.7 Å². The highest BCUT2D eigenvalue weighted by Crippen LogP contribution is 2.28. The molecule has 0 bridgehead atoms. The molecule has 30 heavy (non-hydrogen) atoms. The molecule has 0 saturated heterocycles. The predicted molar refractivity (Wildman–Crippen MR) is 111 cm³/mol. The first kappa shape index (κ1) is 20.9. The largest absolute Gasteiger partial charge is 0.497 e. The minimum atomic E-state index is -0.459. The van der Waals surface area contributed by atoms with Gasteiger partial charge in [-0.15, -0.1) is 0 Å². The Morgan fingerprint density at radius 1 is 1.07 bits per heavy atom. The number of hydrogen-bond donors (Lipinski definition) is 1. The highest BCUT2D eigenvalue weighted by Gasteiger charge is 2.12. The van der Waals surface area contributed by atoms with E-state index in [1.165, 1.54) is 7.11 Å². The summed E-state index contributed by atoms with van der Waals surface area (Å²) in [6, 6.07) is 14.7. The number of aromatic nitrogens is 2. The number of rotatable bonds is 9. The second kappa shape index (κ2) is 10.1. The first-order valence-electron chi connectivity index (χ1n) is 9.35. The summed E-state index contributed by atoms with van der Waals surface area (Å²) in [6.07, 6.45) is 4.20. The van der Waals surface area contributed by atoms with Crippen LogP contribution in [0, 0.1) is 0 Å². The molecule has 1 amide bonds. The molecule has 0 radical (unpaired) electrons. The number of methoxy groups -OCH3 is 2. The maximum Gasteiger partial charge on any atom is 0.306 e. The molecule has 0 aliphatic carbocycles. The minimum absolute atomic E-state index is 0.152. The van der Waals surface area contributed by atoms with Crippen molar-refractivity contribution in [2.75, 3.05) is 26.1 Å². The number of esters is 1. The second-order valence-electron chi connectivity index (χ2n) is 6.40. The molecule has 3 rings (SSSR count). The molecule has 1 N–H and O–H groups in total. The maximum absolute atomic E-state index is 12.1. The van der Waals surface area contributed by atoms with Crippen LogP contribution in [0.2, 0.25) is 0 Å². The average Bonchev–Trinajstić information content (AvgIpc) is 3.26. The van der Waals surface area contributed by atoms with Crippen LogP contribution in [0.25, 0.3) is 5.69 Å². The van der Waals surface area contributed by atoms with Crippen LogP contribution in [-0.2, 0) is 20.7 Å². The van der Waals surface area contributed by atoms with Crippen molar-refractivity contribution in [1.82, 2.24) is 9.78 Å². The number of nitrogens with one attached hydrogen (secondary N) is 1. The summed E-state index contributed by atoms with van der Waals surface area (Å²) < 4.78 is 17.2. The molecule has 8 nitrogen and oxygen atoms in total. The fourth-order valence-corrected chi connectivity index (χ4v) is 2.76. The molecule has 8 heteroatoms. The number of amides is 1. The molecule has 3 aromatic rings. The molecule has 156 valence electrons. The zero-order chi connectivity index (χ0) is 21.3. The number of para-hydroxylation sites is 1. The summed E-state index contributed by atoms with van der Waals surface area (Å²) in [4.78, 5) is 24.1. The van der Waals surface area contributed by atoms with Crippen LogP contribution in [0.15, 0.2) is 60.9 Å². The van der Waals surface area contributed by atoms with E-state index in [1.807, 2.05) is 36.5 Å². The number of benzene rings is 2. The summed E-state index contributed by atoms with van der Waals surface area (Å²) in [7, 11) is 3.03. The molecular formula is C22H23N3O5. The van der Waals surface area contributed by atoms with Crippen molar-refractivity contribution in [3.63, 3.8) is 0 Å². The standard InChI is InChI=1S/C22H23N3O5/c1-28-18-9-10-19(20(12-18)29-2)24-21(26)15-30-22(27)11-8-16-13-23-25(14-16)17-6-4-3-5-7-17/h3-7,9-10,12-14H,8,11,15H2,1-2H3,(H,24,26). The topological polar surface area (TPSA) is 91.7 Å². The van der Waals surface area contributed by atoms with Gasteiger partial charge in [-0.25, -0.2) is 4.68 Å². The molecule has 0 saturated carbocycles. The van der Waals surface area contributed by atoms with Gasteiger partial charge in [0.1, 0.15) is 11.5 Å². The molecule has 0 unspecified atom stereocenters. The fourth-order valence-electron chi connectivity index (χ4n) is 2.76. The summed E-state index contributed by atoms with van der Waals surface area (Å²) >= 11 is 0. The normalized spacial score (nSPS) is 10.3. The Labute approximate surface area is 174 Å². The van der Waals surface area contributed by atoms with Crippen molar-refractivity contribution in [2.24, 2.45) is 0 Å². The van der Waals surface area contributed by atoms with E-state index >= 15 is 0 Å². The van der Waals surface area contributed by atoms with E-state index in [0.717, 1.165) is 11.3 Å². The number of carbonyl (C=O) groups is 2. The van der Waals surface area contributed by atoms with E-state index in [2.05, 4.69) is 10.4 Å².